The number of nitrogen functional groups attached to an aromatic ring is 1. The lowest BCUT2D eigenvalue weighted by molar-refractivity contribution is 0.321. The van der Waals surface area contributed by atoms with Gasteiger partial charge in [0.15, 0.2) is 5.13 Å². The van der Waals surface area contributed by atoms with E-state index in [1.54, 1.807) is 7.11 Å². The van der Waals surface area contributed by atoms with Crippen molar-refractivity contribution in [3.05, 3.63) is 40.9 Å². The average molecular weight is 263 g/mol. The van der Waals surface area contributed by atoms with Gasteiger partial charge in [-0.15, -0.1) is 11.3 Å². The Labute approximate surface area is 111 Å². The molecule has 0 spiro atoms. The van der Waals surface area contributed by atoms with Crippen LogP contribution in [0.15, 0.2) is 30.5 Å². The summed E-state index contributed by atoms with van der Waals surface area (Å²) in [5.41, 5.74) is 6.87. The molecule has 2 N–H and O–H groups in total. The molecule has 0 aliphatic heterocycles. The molecule has 1 aromatic carbocycles. The standard InChI is InChI=1S/C13H17N3OS/c1-16(9-12-7-15-13(14)18-12)8-10-3-5-11(17-2)6-4-10/h3-7H,8-9H2,1-2H3,(H2,14,15). The summed E-state index contributed by atoms with van der Waals surface area (Å²) in [4.78, 5) is 7.47. The quantitative estimate of drug-likeness (QED) is 0.899. The first kappa shape index (κ1) is 12.9. The van der Waals surface area contributed by atoms with E-state index in [4.69, 9.17) is 10.5 Å². The molecule has 0 amide bonds. The van der Waals surface area contributed by atoms with Crippen LogP contribution < -0.4 is 10.5 Å². The molecule has 0 saturated heterocycles. The van der Waals surface area contributed by atoms with Gasteiger partial charge in [0.25, 0.3) is 0 Å². The van der Waals surface area contributed by atoms with Crippen molar-refractivity contribution in [3.63, 3.8) is 0 Å². The Morgan fingerprint density at radius 1 is 1.28 bits per heavy atom. The number of methoxy groups -OCH3 is 1. The zero-order valence-electron chi connectivity index (χ0n) is 10.6. The van der Waals surface area contributed by atoms with Gasteiger partial charge in [0.1, 0.15) is 5.75 Å². The Morgan fingerprint density at radius 3 is 2.56 bits per heavy atom. The first-order chi connectivity index (χ1) is 8.67. The van der Waals surface area contributed by atoms with Gasteiger partial charge in [0.05, 0.1) is 7.11 Å². The maximum atomic E-state index is 5.61. The number of nitrogens with zero attached hydrogens (tertiary/aromatic N) is 2. The van der Waals surface area contributed by atoms with E-state index >= 15 is 0 Å². The van der Waals surface area contributed by atoms with E-state index in [2.05, 4.69) is 29.1 Å². The van der Waals surface area contributed by atoms with Crippen LogP contribution in [0, 0.1) is 0 Å². The van der Waals surface area contributed by atoms with E-state index in [9.17, 15) is 0 Å². The van der Waals surface area contributed by atoms with Gasteiger partial charge in [-0.25, -0.2) is 4.98 Å². The van der Waals surface area contributed by atoms with Crippen LogP contribution >= 0.6 is 11.3 Å². The third-order valence-electron chi connectivity index (χ3n) is 2.61. The molecule has 5 heteroatoms. The highest BCUT2D eigenvalue weighted by Gasteiger charge is 2.04. The number of rotatable bonds is 5. The van der Waals surface area contributed by atoms with Gasteiger partial charge in [0.2, 0.25) is 0 Å². The fourth-order valence-electron chi connectivity index (χ4n) is 1.76. The second-order valence-corrected chi connectivity index (χ2v) is 5.33. The molecular weight excluding hydrogens is 246 g/mol. The van der Waals surface area contributed by atoms with Gasteiger partial charge in [-0.05, 0) is 24.7 Å². The summed E-state index contributed by atoms with van der Waals surface area (Å²) in [5, 5.41) is 0.628. The molecule has 18 heavy (non-hydrogen) atoms. The van der Waals surface area contributed by atoms with Gasteiger partial charge < -0.3 is 10.5 Å². The van der Waals surface area contributed by atoms with E-state index in [0.29, 0.717) is 5.13 Å². The van der Waals surface area contributed by atoms with Crippen molar-refractivity contribution in [3.8, 4) is 5.75 Å². The van der Waals surface area contributed by atoms with Gasteiger partial charge in [-0.1, -0.05) is 12.1 Å². The van der Waals surface area contributed by atoms with Crippen molar-refractivity contribution in [2.75, 3.05) is 19.9 Å². The monoisotopic (exact) mass is 263 g/mol. The molecule has 2 rings (SSSR count). The summed E-state index contributed by atoms with van der Waals surface area (Å²) in [5.74, 6) is 0.886. The molecule has 0 radical (unpaired) electrons. The van der Waals surface area contributed by atoms with Crippen LogP contribution in [0.25, 0.3) is 0 Å². The molecule has 4 nitrogen and oxygen atoms in total. The number of hydrogen-bond donors (Lipinski definition) is 1. The van der Waals surface area contributed by atoms with Crippen molar-refractivity contribution >= 4 is 16.5 Å². The number of ether oxygens (including phenoxy) is 1. The van der Waals surface area contributed by atoms with Crippen LogP contribution in [-0.4, -0.2) is 24.0 Å². The zero-order chi connectivity index (χ0) is 13.0. The van der Waals surface area contributed by atoms with Crippen LogP contribution in [0.4, 0.5) is 5.13 Å². The molecule has 2 aromatic rings. The largest absolute Gasteiger partial charge is 0.497 e. The lowest BCUT2D eigenvalue weighted by atomic mass is 10.2. The highest BCUT2D eigenvalue weighted by Crippen LogP contribution is 2.18. The number of benzene rings is 1. The smallest absolute Gasteiger partial charge is 0.180 e. The summed E-state index contributed by atoms with van der Waals surface area (Å²) in [6.07, 6.45) is 1.84. The van der Waals surface area contributed by atoms with Crippen molar-refractivity contribution in [2.45, 2.75) is 13.1 Å². The second-order valence-electron chi connectivity index (χ2n) is 4.19. The Hall–Kier alpha value is -1.59. The molecule has 96 valence electrons. The highest BCUT2D eigenvalue weighted by atomic mass is 32.1. The highest BCUT2D eigenvalue weighted by molar-refractivity contribution is 7.15. The SMILES string of the molecule is COc1ccc(CN(C)Cc2cnc(N)s2)cc1. The minimum atomic E-state index is 0.628. The Balaban J connectivity index is 1.91. The van der Waals surface area contributed by atoms with E-state index in [1.165, 1.54) is 21.8 Å². The minimum Gasteiger partial charge on any atom is -0.497 e. The third-order valence-corrected chi connectivity index (χ3v) is 3.42. The Bertz CT molecular complexity index is 495. The summed E-state index contributed by atoms with van der Waals surface area (Å²) in [6, 6.07) is 8.12. The average Bonchev–Trinajstić information content (AvgIpc) is 2.75. The number of hydrogen-bond acceptors (Lipinski definition) is 5. The molecule has 0 bridgehead atoms. The van der Waals surface area contributed by atoms with E-state index in [0.717, 1.165) is 18.8 Å². The molecule has 0 unspecified atom stereocenters. The summed E-state index contributed by atoms with van der Waals surface area (Å²) < 4.78 is 5.14. The van der Waals surface area contributed by atoms with Gasteiger partial charge in [-0.2, -0.15) is 0 Å². The van der Waals surface area contributed by atoms with Crippen LogP contribution in [0.3, 0.4) is 0 Å². The first-order valence-corrected chi connectivity index (χ1v) is 6.50. The summed E-state index contributed by atoms with van der Waals surface area (Å²) >= 11 is 1.54. The summed E-state index contributed by atoms with van der Waals surface area (Å²) in [7, 11) is 3.76. The van der Waals surface area contributed by atoms with Crippen LogP contribution in [0.5, 0.6) is 5.75 Å². The number of aromatic nitrogens is 1. The molecule has 0 fully saturated rings. The van der Waals surface area contributed by atoms with Crippen molar-refractivity contribution in [2.24, 2.45) is 0 Å². The van der Waals surface area contributed by atoms with Crippen molar-refractivity contribution < 1.29 is 4.74 Å². The number of thiazole rings is 1. The predicted octanol–water partition coefficient (Wildman–Crippen LogP) is 2.37. The maximum absolute atomic E-state index is 5.61. The summed E-state index contributed by atoms with van der Waals surface area (Å²) in [6.45, 7) is 1.75. The van der Waals surface area contributed by atoms with Crippen molar-refractivity contribution in [1.82, 2.24) is 9.88 Å². The Morgan fingerprint density at radius 2 is 2.00 bits per heavy atom. The molecule has 0 aliphatic rings. The Kier molecular flexibility index (Phi) is 4.17. The molecule has 0 saturated carbocycles. The normalized spacial score (nSPS) is 10.8. The molecule has 0 aliphatic carbocycles. The molecule has 0 atom stereocenters. The molecule has 1 heterocycles. The van der Waals surface area contributed by atoms with Crippen molar-refractivity contribution in [1.29, 1.82) is 0 Å². The number of anilines is 1. The van der Waals surface area contributed by atoms with Gasteiger partial charge >= 0.3 is 0 Å². The van der Waals surface area contributed by atoms with Crippen LogP contribution in [-0.2, 0) is 13.1 Å². The first-order valence-electron chi connectivity index (χ1n) is 5.69. The topological polar surface area (TPSA) is 51.4 Å². The lowest BCUT2D eigenvalue weighted by Crippen LogP contribution is -2.16. The van der Waals surface area contributed by atoms with E-state index in [-0.39, 0.29) is 0 Å². The second kappa shape index (κ2) is 5.84. The van der Waals surface area contributed by atoms with Crippen LogP contribution in [0.1, 0.15) is 10.4 Å². The van der Waals surface area contributed by atoms with E-state index in [1.807, 2.05) is 18.3 Å². The van der Waals surface area contributed by atoms with Gasteiger partial charge in [-0.3, -0.25) is 4.90 Å². The molecular formula is C13H17N3OS. The van der Waals surface area contributed by atoms with Crippen LogP contribution in [0.2, 0.25) is 0 Å². The predicted molar refractivity (Wildman–Crippen MR) is 74.7 cm³/mol. The van der Waals surface area contributed by atoms with Gasteiger partial charge in [0, 0.05) is 24.2 Å². The third kappa shape index (κ3) is 3.45. The fourth-order valence-corrected chi connectivity index (χ4v) is 2.52. The number of nitrogens with two attached hydrogens (primary N) is 1. The van der Waals surface area contributed by atoms with E-state index < -0.39 is 0 Å². The maximum Gasteiger partial charge on any atom is 0.180 e. The minimum absolute atomic E-state index is 0.628. The zero-order valence-corrected chi connectivity index (χ0v) is 11.4. The fraction of sp³-hybridized carbons (Fsp3) is 0.308. The lowest BCUT2D eigenvalue weighted by Gasteiger charge is -2.15. The molecule has 1 aromatic heterocycles.